The van der Waals surface area contributed by atoms with Gasteiger partial charge in [-0.3, -0.25) is 9.59 Å². The second-order valence-electron chi connectivity index (χ2n) is 10.1. The second kappa shape index (κ2) is 11.0. The van der Waals surface area contributed by atoms with Gasteiger partial charge in [-0.1, -0.05) is 30.3 Å². The number of amides is 1. The van der Waals surface area contributed by atoms with Crippen LogP contribution in [0.3, 0.4) is 0 Å². The van der Waals surface area contributed by atoms with E-state index < -0.39 is 23.4 Å². The van der Waals surface area contributed by atoms with E-state index in [1.165, 1.54) is 10.6 Å². The molecule has 4 aromatic rings. The molecule has 208 valence electrons. The molecule has 0 bridgehead atoms. The normalized spacial score (nSPS) is 14.9. The topological polar surface area (TPSA) is 91.0 Å². The lowest BCUT2D eigenvalue weighted by atomic mass is 9.93. The summed E-state index contributed by atoms with van der Waals surface area (Å²) < 4.78 is 43.4. The minimum Gasteiger partial charge on any atom is -0.481 e. The summed E-state index contributed by atoms with van der Waals surface area (Å²) in [4.78, 5) is 32.5. The number of benzene rings is 2. The Morgan fingerprint density at radius 1 is 1.05 bits per heavy atom. The molecule has 1 atom stereocenters. The van der Waals surface area contributed by atoms with Crippen molar-refractivity contribution in [3.63, 3.8) is 0 Å². The summed E-state index contributed by atoms with van der Waals surface area (Å²) in [6, 6.07) is 14.4. The fraction of sp³-hybridized carbons (Fsp3) is 0.310. The van der Waals surface area contributed by atoms with Crippen molar-refractivity contribution in [3.8, 4) is 11.3 Å². The third-order valence-corrected chi connectivity index (χ3v) is 7.50. The maximum Gasteiger partial charge on any atom is 0.303 e. The van der Waals surface area contributed by atoms with Crippen molar-refractivity contribution < 1.29 is 27.9 Å². The lowest BCUT2D eigenvalue weighted by molar-refractivity contribution is -0.138. The molecule has 1 amide bonds. The third kappa shape index (κ3) is 5.36. The average molecular weight is 552 g/mol. The Morgan fingerprint density at radius 3 is 2.33 bits per heavy atom. The van der Waals surface area contributed by atoms with Crippen LogP contribution in [0.1, 0.15) is 48.3 Å². The van der Waals surface area contributed by atoms with Gasteiger partial charge in [-0.25, -0.2) is 18.2 Å². The highest BCUT2D eigenvalue weighted by Crippen LogP contribution is 2.31. The van der Waals surface area contributed by atoms with E-state index >= 15 is 0 Å². The van der Waals surface area contributed by atoms with Crippen molar-refractivity contribution in [3.05, 3.63) is 83.3 Å². The van der Waals surface area contributed by atoms with Crippen molar-refractivity contribution >= 4 is 23.3 Å². The summed E-state index contributed by atoms with van der Waals surface area (Å²) in [6.07, 6.45) is 1.24. The van der Waals surface area contributed by atoms with E-state index in [-0.39, 0.29) is 46.9 Å². The molecule has 0 spiro atoms. The standard InChI is InChI=1S/C29H28F3N5O3/c1-17(19-6-4-3-5-7-19)35(2)26-16-23(20-13-21(30)28(32)22(31)14-20)33-25-15-24(34-37(25)26)29(40)36-10-8-18(9-11-36)12-27(38)39/h3-7,13-18H,8-12H2,1-2H3,(H,38,39)/t17-/m0/s1. The molecule has 1 N–H and O–H groups in total. The number of piperidine rings is 1. The highest BCUT2D eigenvalue weighted by molar-refractivity contribution is 5.93. The summed E-state index contributed by atoms with van der Waals surface area (Å²) >= 11 is 0. The lowest BCUT2D eigenvalue weighted by Crippen LogP contribution is -2.39. The minimum atomic E-state index is -1.57. The Labute approximate surface area is 228 Å². The lowest BCUT2D eigenvalue weighted by Gasteiger charge is -2.30. The molecular weight excluding hydrogens is 523 g/mol. The van der Waals surface area contributed by atoms with Gasteiger partial charge >= 0.3 is 5.97 Å². The van der Waals surface area contributed by atoms with Gasteiger partial charge in [0.1, 0.15) is 5.82 Å². The van der Waals surface area contributed by atoms with E-state index in [9.17, 15) is 22.8 Å². The van der Waals surface area contributed by atoms with E-state index in [0.717, 1.165) is 17.7 Å². The van der Waals surface area contributed by atoms with E-state index in [4.69, 9.17) is 5.11 Å². The fourth-order valence-corrected chi connectivity index (χ4v) is 5.07. The number of likely N-dealkylation sites (tertiary alicyclic amines) is 1. The molecule has 40 heavy (non-hydrogen) atoms. The Hall–Kier alpha value is -4.41. The maximum atomic E-state index is 14.1. The summed E-state index contributed by atoms with van der Waals surface area (Å²) in [5.41, 5.74) is 1.63. The number of anilines is 1. The van der Waals surface area contributed by atoms with Gasteiger partial charge in [0.15, 0.2) is 28.8 Å². The zero-order chi connectivity index (χ0) is 28.6. The van der Waals surface area contributed by atoms with Gasteiger partial charge < -0.3 is 14.9 Å². The molecule has 3 heterocycles. The zero-order valence-corrected chi connectivity index (χ0v) is 22.0. The first-order valence-electron chi connectivity index (χ1n) is 13.0. The van der Waals surface area contributed by atoms with E-state index in [1.807, 2.05) is 49.2 Å². The minimum absolute atomic E-state index is 0.0167. The fourth-order valence-electron chi connectivity index (χ4n) is 5.07. The quantitative estimate of drug-likeness (QED) is 0.312. The molecule has 0 radical (unpaired) electrons. The first kappa shape index (κ1) is 27.2. The maximum absolute atomic E-state index is 14.1. The number of carbonyl (C=O) groups excluding carboxylic acids is 1. The SMILES string of the molecule is C[C@@H](c1ccccc1)N(C)c1cc(-c2cc(F)c(F)c(F)c2)nc2cc(C(=O)N3CCC(CC(=O)O)CC3)nn12. The molecule has 11 heteroatoms. The van der Waals surface area contributed by atoms with Gasteiger partial charge in [0.05, 0.1) is 11.7 Å². The van der Waals surface area contributed by atoms with Crippen LogP contribution in [-0.4, -0.2) is 56.6 Å². The number of carbonyl (C=O) groups is 2. The second-order valence-corrected chi connectivity index (χ2v) is 10.1. The molecule has 0 saturated carbocycles. The van der Waals surface area contributed by atoms with Crippen LogP contribution in [0.4, 0.5) is 19.0 Å². The van der Waals surface area contributed by atoms with Crippen LogP contribution in [0.25, 0.3) is 16.9 Å². The molecule has 0 aliphatic carbocycles. The molecular formula is C29H28F3N5O3. The van der Waals surface area contributed by atoms with Crippen LogP contribution in [0.5, 0.6) is 0 Å². The molecule has 1 aliphatic rings. The monoisotopic (exact) mass is 551 g/mol. The van der Waals surface area contributed by atoms with E-state index in [2.05, 4.69) is 10.1 Å². The van der Waals surface area contributed by atoms with Crippen molar-refractivity contribution in [1.29, 1.82) is 0 Å². The van der Waals surface area contributed by atoms with Gasteiger partial charge in [0, 0.05) is 44.3 Å². The molecule has 1 fully saturated rings. The van der Waals surface area contributed by atoms with E-state index in [1.54, 1.807) is 11.0 Å². The number of rotatable bonds is 7. The predicted molar refractivity (Wildman–Crippen MR) is 142 cm³/mol. The Bertz CT molecular complexity index is 1550. The number of carboxylic acid groups (broad SMARTS) is 1. The first-order chi connectivity index (χ1) is 19.1. The summed E-state index contributed by atoms with van der Waals surface area (Å²) in [5.74, 6) is -4.88. The van der Waals surface area contributed by atoms with Crippen LogP contribution in [0, 0.1) is 23.4 Å². The van der Waals surface area contributed by atoms with E-state index in [0.29, 0.717) is 31.7 Å². The van der Waals surface area contributed by atoms with Crippen LogP contribution < -0.4 is 4.90 Å². The number of hydrogen-bond donors (Lipinski definition) is 1. The van der Waals surface area contributed by atoms with Crippen LogP contribution in [-0.2, 0) is 4.79 Å². The number of halogens is 3. The van der Waals surface area contributed by atoms with Gasteiger partial charge in [0.2, 0.25) is 0 Å². The van der Waals surface area contributed by atoms with Crippen molar-refractivity contribution in [2.24, 2.45) is 5.92 Å². The Kier molecular flexibility index (Phi) is 7.46. The first-order valence-corrected chi connectivity index (χ1v) is 13.0. The Morgan fingerprint density at radius 2 is 1.70 bits per heavy atom. The number of carboxylic acids is 1. The summed E-state index contributed by atoms with van der Waals surface area (Å²) in [6.45, 7) is 2.81. The largest absolute Gasteiger partial charge is 0.481 e. The van der Waals surface area contributed by atoms with Crippen LogP contribution in [0.2, 0.25) is 0 Å². The molecule has 0 unspecified atom stereocenters. The van der Waals surface area contributed by atoms with Gasteiger partial charge in [0.25, 0.3) is 5.91 Å². The highest BCUT2D eigenvalue weighted by atomic mass is 19.2. The number of aromatic nitrogens is 3. The van der Waals surface area contributed by atoms with Crippen molar-refractivity contribution in [2.45, 2.75) is 32.2 Å². The number of aliphatic carboxylic acids is 1. The summed E-state index contributed by atoms with van der Waals surface area (Å²) in [5, 5.41) is 13.6. The predicted octanol–water partition coefficient (Wildman–Crippen LogP) is 5.34. The average Bonchev–Trinajstić information content (AvgIpc) is 3.39. The van der Waals surface area contributed by atoms with Crippen LogP contribution in [0.15, 0.2) is 54.6 Å². The number of hydrogen-bond acceptors (Lipinski definition) is 5. The molecule has 8 nitrogen and oxygen atoms in total. The van der Waals surface area contributed by atoms with Crippen molar-refractivity contribution in [2.75, 3.05) is 25.0 Å². The van der Waals surface area contributed by atoms with Gasteiger partial charge in [-0.05, 0) is 43.4 Å². The van der Waals surface area contributed by atoms with Crippen LogP contribution >= 0.6 is 0 Å². The van der Waals surface area contributed by atoms with Gasteiger partial charge in [-0.15, -0.1) is 0 Å². The third-order valence-electron chi connectivity index (χ3n) is 7.50. The number of fused-ring (bicyclic) bond motifs is 1. The van der Waals surface area contributed by atoms with Gasteiger partial charge in [-0.2, -0.15) is 9.61 Å². The molecule has 5 rings (SSSR count). The summed E-state index contributed by atoms with van der Waals surface area (Å²) in [7, 11) is 1.83. The molecule has 1 saturated heterocycles. The Balaban J connectivity index is 1.54. The van der Waals surface area contributed by atoms with Crippen molar-refractivity contribution in [1.82, 2.24) is 19.5 Å². The smallest absolute Gasteiger partial charge is 0.303 e. The molecule has 2 aromatic carbocycles. The highest BCUT2D eigenvalue weighted by Gasteiger charge is 2.28. The zero-order valence-electron chi connectivity index (χ0n) is 22.0. The molecule has 2 aromatic heterocycles. The molecule has 1 aliphatic heterocycles. The number of nitrogens with zero attached hydrogens (tertiary/aromatic N) is 5.